The number of sulfonamides is 1. The maximum atomic E-state index is 12.5. The van der Waals surface area contributed by atoms with E-state index in [-0.39, 0.29) is 6.04 Å². The Labute approximate surface area is 116 Å². The lowest BCUT2D eigenvalue weighted by molar-refractivity contribution is 0.435. The molecule has 102 valence electrons. The molecule has 0 unspecified atom stereocenters. The van der Waals surface area contributed by atoms with Crippen molar-refractivity contribution in [1.82, 2.24) is 14.1 Å². The Bertz CT molecular complexity index is 661. The van der Waals surface area contributed by atoms with Crippen molar-refractivity contribution < 1.29 is 8.42 Å². The molecular formula is C12H15N3O2S2. The molecule has 0 aliphatic carbocycles. The van der Waals surface area contributed by atoms with Crippen molar-refractivity contribution in [3.05, 3.63) is 35.5 Å². The van der Waals surface area contributed by atoms with Gasteiger partial charge in [-0.2, -0.15) is 9.40 Å². The van der Waals surface area contributed by atoms with Crippen LogP contribution in [0.1, 0.15) is 18.0 Å². The predicted octanol–water partition coefficient (Wildman–Crippen LogP) is 1.89. The Morgan fingerprint density at radius 1 is 1.47 bits per heavy atom. The summed E-state index contributed by atoms with van der Waals surface area (Å²) in [4.78, 5) is 0. The number of aromatic nitrogens is 2. The molecule has 5 nitrogen and oxygen atoms in total. The Morgan fingerprint density at radius 2 is 2.32 bits per heavy atom. The van der Waals surface area contributed by atoms with Gasteiger partial charge >= 0.3 is 0 Å². The van der Waals surface area contributed by atoms with Gasteiger partial charge in [-0.1, -0.05) is 0 Å². The lowest BCUT2D eigenvalue weighted by Crippen LogP contribution is -2.28. The van der Waals surface area contributed by atoms with Gasteiger partial charge in [-0.25, -0.2) is 8.42 Å². The van der Waals surface area contributed by atoms with Crippen LogP contribution in [0.15, 0.2) is 34.1 Å². The highest BCUT2D eigenvalue weighted by molar-refractivity contribution is 7.91. The molecule has 2 aromatic rings. The van der Waals surface area contributed by atoms with Crippen LogP contribution >= 0.6 is 11.3 Å². The van der Waals surface area contributed by atoms with Gasteiger partial charge in [-0.15, -0.1) is 11.3 Å². The molecule has 0 aromatic carbocycles. The smallest absolute Gasteiger partial charge is 0.252 e. The van der Waals surface area contributed by atoms with E-state index in [9.17, 15) is 8.42 Å². The van der Waals surface area contributed by atoms with Crippen LogP contribution in [0.4, 0.5) is 0 Å². The monoisotopic (exact) mass is 297 g/mol. The van der Waals surface area contributed by atoms with Crippen LogP contribution in [0.2, 0.25) is 0 Å². The van der Waals surface area contributed by atoms with E-state index in [1.54, 1.807) is 16.6 Å². The molecule has 3 heterocycles. The second kappa shape index (κ2) is 4.73. The average Bonchev–Trinajstić information content (AvgIpc) is 3.10. The van der Waals surface area contributed by atoms with Crippen molar-refractivity contribution in [3.63, 3.8) is 0 Å². The van der Waals surface area contributed by atoms with Crippen molar-refractivity contribution in [2.24, 2.45) is 0 Å². The Kier molecular flexibility index (Phi) is 3.20. The van der Waals surface area contributed by atoms with Crippen LogP contribution in [-0.2, 0) is 10.0 Å². The van der Waals surface area contributed by atoms with E-state index in [1.165, 1.54) is 11.3 Å². The van der Waals surface area contributed by atoms with Crippen molar-refractivity contribution in [1.29, 1.82) is 0 Å². The van der Waals surface area contributed by atoms with E-state index in [0.29, 0.717) is 17.3 Å². The normalized spacial score (nSPS) is 21.0. The zero-order valence-electron chi connectivity index (χ0n) is 10.6. The second-order valence-electron chi connectivity index (χ2n) is 4.73. The molecule has 1 atom stereocenters. The highest BCUT2D eigenvalue weighted by atomic mass is 32.2. The summed E-state index contributed by atoms with van der Waals surface area (Å²) in [6.07, 6.45) is 4.42. The molecule has 0 spiro atoms. The van der Waals surface area contributed by atoms with E-state index in [4.69, 9.17) is 0 Å². The Balaban J connectivity index is 1.81. The summed E-state index contributed by atoms with van der Waals surface area (Å²) in [5.74, 6) is 0. The van der Waals surface area contributed by atoms with E-state index in [0.717, 1.165) is 12.0 Å². The minimum Gasteiger partial charge on any atom is -0.268 e. The highest BCUT2D eigenvalue weighted by Gasteiger charge is 2.34. The fraction of sp³-hybridized carbons (Fsp3) is 0.417. The minimum atomic E-state index is -3.33. The van der Waals surface area contributed by atoms with Crippen LogP contribution < -0.4 is 0 Å². The largest absolute Gasteiger partial charge is 0.268 e. The minimum absolute atomic E-state index is 0.144. The first-order valence-corrected chi connectivity index (χ1v) is 8.44. The van der Waals surface area contributed by atoms with E-state index in [2.05, 4.69) is 5.10 Å². The lowest BCUT2D eigenvalue weighted by atomic mass is 10.3. The molecule has 0 N–H and O–H groups in total. The first-order chi connectivity index (χ1) is 9.07. The van der Waals surface area contributed by atoms with Crippen LogP contribution in [0.5, 0.6) is 0 Å². The van der Waals surface area contributed by atoms with Gasteiger partial charge in [0.2, 0.25) is 0 Å². The fourth-order valence-electron chi connectivity index (χ4n) is 2.31. The number of hydrogen-bond donors (Lipinski definition) is 0. The lowest BCUT2D eigenvalue weighted by Gasteiger charge is -2.15. The van der Waals surface area contributed by atoms with Gasteiger partial charge in [0.05, 0.1) is 6.04 Å². The summed E-state index contributed by atoms with van der Waals surface area (Å²) < 4.78 is 28.8. The molecule has 1 aliphatic heterocycles. The SMILES string of the molecule is Cc1csc(S(=O)(=O)N2CC[C@H](n3cccn3)C2)c1. The number of nitrogens with zero attached hydrogens (tertiary/aromatic N) is 3. The van der Waals surface area contributed by atoms with E-state index < -0.39 is 10.0 Å². The first kappa shape index (κ1) is 12.8. The van der Waals surface area contributed by atoms with Gasteiger partial charge < -0.3 is 0 Å². The molecule has 2 aromatic heterocycles. The zero-order chi connectivity index (χ0) is 13.5. The van der Waals surface area contributed by atoms with Crippen LogP contribution in [0.25, 0.3) is 0 Å². The summed E-state index contributed by atoms with van der Waals surface area (Å²) in [6.45, 7) is 2.97. The molecule has 19 heavy (non-hydrogen) atoms. The summed E-state index contributed by atoms with van der Waals surface area (Å²) in [5, 5.41) is 6.06. The summed E-state index contributed by atoms with van der Waals surface area (Å²) in [6, 6.07) is 3.74. The van der Waals surface area contributed by atoms with E-state index >= 15 is 0 Å². The second-order valence-corrected chi connectivity index (χ2v) is 7.81. The van der Waals surface area contributed by atoms with Crippen molar-refractivity contribution in [2.75, 3.05) is 13.1 Å². The Morgan fingerprint density at radius 3 is 2.95 bits per heavy atom. The number of thiophene rings is 1. The molecular weight excluding hydrogens is 282 g/mol. The third-order valence-electron chi connectivity index (χ3n) is 3.33. The number of rotatable bonds is 3. The third kappa shape index (κ3) is 2.33. The van der Waals surface area contributed by atoms with Crippen molar-refractivity contribution >= 4 is 21.4 Å². The maximum Gasteiger partial charge on any atom is 0.252 e. The van der Waals surface area contributed by atoms with Crippen LogP contribution in [0.3, 0.4) is 0 Å². The summed E-state index contributed by atoms with van der Waals surface area (Å²) >= 11 is 1.29. The molecule has 1 fully saturated rings. The standard InChI is InChI=1S/C12H15N3O2S2/c1-10-7-12(18-9-10)19(16,17)14-6-3-11(8-14)15-5-2-4-13-15/h2,4-5,7,9,11H,3,6,8H2,1H3/t11-/m0/s1. The topological polar surface area (TPSA) is 55.2 Å². The molecule has 7 heteroatoms. The van der Waals surface area contributed by atoms with Crippen molar-refractivity contribution in [3.8, 4) is 0 Å². The fourth-order valence-corrected chi connectivity index (χ4v) is 5.18. The zero-order valence-corrected chi connectivity index (χ0v) is 12.2. The van der Waals surface area contributed by atoms with Gasteiger partial charge in [-0.3, -0.25) is 4.68 Å². The van der Waals surface area contributed by atoms with Gasteiger partial charge in [0.15, 0.2) is 0 Å². The molecule has 0 bridgehead atoms. The number of aryl methyl sites for hydroxylation is 1. The predicted molar refractivity (Wildman–Crippen MR) is 73.7 cm³/mol. The molecule has 0 amide bonds. The van der Waals surface area contributed by atoms with Crippen LogP contribution in [-0.4, -0.2) is 35.6 Å². The summed E-state index contributed by atoms with van der Waals surface area (Å²) in [7, 11) is -3.33. The molecule has 1 aliphatic rings. The Hall–Kier alpha value is -1.18. The molecule has 3 rings (SSSR count). The molecule has 1 saturated heterocycles. The molecule has 0 saturated carbocycles. The van der Waals surface area contributed by atoms with Gasteiger partial charge in [0.25, 0.3) is 10.0 Å². The summed E-state index contributed by atoms with van der Waals surface area (Å²) in [5.41, 5.74) is 0.992. The van der Waals surface area contributed by atoms with Gasteiger partial charge in [0, 0.05) is 25.5 Å². The van der Waals surface area contributed by atoms with E-state index in [1.807, 2.05) is 29.2 Å². The van der Waals surface area contributed by atoms with Crippen LogP contribution in [0, 0.1) is 6.92 Å². The maximum absolute atomic E-state index is 12.5. The average molecular weight is 297 g/mol. The first-order valence-electron chi connectivity index (χ1n) is 6.12. The third-order valence-corrected chi connectivity index (χ3v) is 6.72. The molecule has 0 radical (unpaired) electrons. The van der Waals surface area contributed by atoms with Gasteiger partial charge in [-0.05, 0) is 36.4 Å². The quantitative estimate of drug-likeness (QED) is 0.869. The van der Waals surface area contributed by atoms with Crippen molar-refractivity contribution in [2.45, 2.75) is 23.6 Å². The highest BCUT2D eigenvalue weighted by Crippen LogP contribution is 2.29. The van der Waals surface area contributed by atoms with Gasteiger partial charge in [0.1, 0.15) is 4.21 Å². The number of hydrogen-bond acceptors (Lipinski definition) is 4.